The number of thioether (sulfide) groups is 1. The van der Waals surface area contributed by atoms with Crippen molar-refractivity contribution in [3.63, 3.8) is 0 Å². The first-order valence-corrected chi connectivity index (χ1v) is 7.67. The Morgan fingerprint density at radius 2 is 2.00 bits per heavy atom. The van der Waals surface area contributed by atoms with Crippen LogP contribution in [-0.2, 0) is 4.79 Å². The van der Waals surface area contributed by atoms with Crippen LogP contribution in [0.1, 0.15) is 10.9 Å². The molecule has 0 aromatic heterocycles. The molecule has 0 radical (unpaired) electrons. The summed E-state index contributed by atoms with van der Waals surface area (Å²) in [6.07, 6.45) is 0. The van der Waals surface area contributed by atoms with E-state index in [-0.39, 0.29) is 11.3 Å². The van der Waals surface area contributed by atoms with Gasteiger partial charge >= 0.3 is 0 Å². The van der Waals surface area contributed by atoms with E-state index in [1.165, 1.54) is 0 Å². The molecule has 0 aliphatic carbocycles. The average molecular weight is 300 g/mol. The molecule has 0 bridgehead atoms. The van der Waals surface area contributed by atoms with Gasteiger partial charge in [0.15, 0.2) is 0 Å². The second-order valence-corrected chi connectivity index (χ2v) is 5.86. The summed E-state index contributed by atoms with van der Waals surface area (Å²) in [5, 5.41) is -0.0230. The van der Waals surface area contributed by atoms with Crippen LogP contribution in [-0.4, -0.2) is 18.8 Å². The Kier molecular flexibility index (Phi) is 3.75. The van der Waals surface area contributed by atoms with Crippen molar-refractivity contribution in [3.8, 4) is 5.75 Å². The first kappa shape index (κ1) is 13.8. The summed E-state index contributed by atoms with van der Waals surface area (Å²) >= 11 is 1.62. The number of nitrogen functional groups attached to an aromatic ring is 1. The van der Waals surface area contributed by atoms with Crippen LogP contribution in [0.2, 0.25) is 0 Å². The molecule has 108 valence electrons. The number of nitrogens with zero attached hydrogens (tertiary/aromatic N) is 1. The maximum absolute atomic E-state index is 12.3. The highest BCUT2D eigenvalue weighted by molar-refractivity contribution is 8.00. The maximum atomic E-state index is 12.3. The number of methoxy groups -OCH3 is 1. The van der Waals surface area contributed by atoms with Crippen molar-refractivity contribution >= 4 is 29.0 Å². The highest BCUT2D eigenvalue weighted by atomic mass is 32.2. The van der Waals surface area contributed by atoms with Crippen LogP contribution in [0.4, 0.5) is 11.4 Å². The van der Waals surface area contributed by atoms with E-state index in [2.05, 4.69) is 0 Å². The molecule has 2 aromatic rings. The summed E-state index contributed by atoms with van der Waals surface area (Å²) < 4.78 is 5.25. The van der Waals surface area contributed by atoms with E-state index in [9.17, 15) is 4.79 Å². The van der Waals surface area contributed by atoms with Gasteiger partial charge in [-0.1, -0.05) is 18.2 Å². The van der Waals surface area contributed by atoms with E-state index in [0.717, 1.165) is 22.7 Å². The van der Waals surface area contributed by atoms with Gasteiger partial charge in [0.1, 0.15) is 11.1 Å². The molecular formula is C16H16N2O2S. The highest BCUT2D eigenvalue weighted by Crippen LogP contribution is 2.42. The summed E-state index contributed by atoms with van der Waals surface area (Å²) in [5.74, 6) is 1.33. The molecule has 1 saturated heterocycles. The Labute approximate surface area is 127 Å². The Hall–Kier alpha value is -2.14. The number of anilines is 2. The number of nitrogens with two attached hydrogens (primary N) is 1. The quantitative estimate of drug-likeness (QED) is 0.885. The van der Waals surface area contributed by atoms with Gasteiger partial charge in [0.2, 0.25) is 5.91 Å². The van der Waals surface area contributed by atoms with Crippen LogP contribution >= 0.6 is 11.8 Å². The van der Waals surface area contributed by atoms with Gasteiger partial charge in [0.25, 0.3) is 0 Å². The molecule has 21 heavy (non-hydrogen) atoms. The maximum Gasteiger partial charge on any atom is 0.238 e. The molecule has 2 N–H and O–H groups in total. The summed E-state index contributed by atoms with van der Waals surface area (Å²) in [4.78, 5) is 14.1. The number of amides is 1. The van der Waals surface area contributed by atoms with Gasteiger partial charge in [-0.05, 0) is 29.8 Å². The van der Waals surface area contributed by atoms with Crippen LogP contribution in [0.25, 0.3) is 0 Å². The van der Waals surface area contributed by atoms with E-state index >= 15 is 0 Å². The number of carbonyl (C=O) groups excluding carboxylic acids is 1. The Bertz CT molecular complexity index is 658. The van der Waals surface area contributed by atoms with Crippen molar-refractivity contribution in [2.75, 3.05) is 23.5 Å². The molecule has 0 spiro atoms. The number of hydrogen-bond donors (Lipinski definition) is 1. The summed E-state index contributed by atoms with van der Waals surface area (Å²) in [6.45, 7) is 0. The van der Waals surface area contributed by atoms with E-state index in [0.29, 0.717) is 5.75 Å². The van der Waals surface area contributed by atoms with Gasteiger partial charge < -0.3 is 10.5 Å². The van der Waals surface area contributed by atoms with Gasteiger partial charge in [0.05, 0.1) is 12.9 Å². The van der Waals surface area contributed by atoms with Crippen molar-refractivity contribution < 1.29 is 9.53 Å². The average Bonchev–Trinajstić information content (AvgIpc) is 2.90. The summed E-state index contributed by atoms with van der Waals surface area (Å²) in [7, 11) is 1.62. The number of rotatable bonds is 3. The predicted octanol–water partition coefficient (Wildman–Crippen LogP) is 3.06. The van der Waals surface area contributed by atoms with Gasteiger partial charge in [0, 0.05) is 17.4 Å². The SMILES string of the molecule is COc1cccc(N2C(=O)CS[C@@H]2c2ccc(N)cc2)c1. The topological polar surface area (TPSA) is 55.6 Å². The first-order valence-electron chi connectivity index (χ1n) is 6.62. The second kappa shape index (κ2) is 5.69. The molecule has 1 atom stereocenters. The van der Waals surface area contributed by atoms with Gasteiger partial charge in [-0.25, -0.2) is 0 Å². The van der Waals surface area contributed by atoms with Crippen LogP contribution in [0.3, 0.4) is 0 Å². The van der Waals surface area contributed by atoms with Gasteiger partial charge in [-0.3, -0.25) is 9.69 Å². The third-order valence-electron chi connectivity index (χ3n) is 3.42. The third-order valence-corrected chi connectivity index (χ3v) is 4.63. The Balaban J connectivity index is 1.97. The van der Waals surface area contributed by atoms with Crippen molar-refractivity contribution in [2.24, 2.45) is 0 Å². The normalized spacial score (nSPS) is 18.0. The monoisotopic (exact) mass is 300 g/mol. The molecule has 3 rings (SSSR count). The highest BCUT2D eigenvalue weighted by Gasteiger charge is 2.34. The van der Waals surface area contributed by atoms with Crippen molar-refractivity contribution in [1.29, 1.82) is 0 Å². The zero-order valence-electron chi connectivity index (χ0n) is 11.7. The Morgan fingerprint density at radius 1 is 1.24 bits per heavy atom. The molecular weight excluding hydrogens is 284 g/mol. The lowest BCUT2D eigenvalue weighted by atomic mass is 10.1. The van der Waals surface area contributed by atoms with Crippen LogP contribution in [0.15, 0.2) is 48.5 Å². The molecule has 1 aliphatic rings. The minimum absolute atomic E-state index is 0.0230. The van der Waals surface area contributed by atoms with Crippen molar-refractivity contribution in [2.45, 2.75) is 5.37 Å². The van der Waals surface area contributed by atoms with E-state index in [1.54, 1.807) is 18.9 Å². The summed E-state index contributed by atoms with van der Waals surface area (Å²) in [6, 6.07) is 15.2. The zero-order chi connectivity index (χ0) is 14.8. The minimum atomic E-state index is -0.0230. The fraction of sp³-hybridized carbons (Fsp3) is 0.188. The largest absolute Gasteiger partial charge is 0.497 e. The van der Waals surface area contributed by atoms with E-state index < -0.39 is 0 Å². The molecule has 1 aliphatic heterocycles. The number of hydrogen-bond acceptors (Lipinski definition) is 4. The molecule has 1 heterocycles. The molecule has 2 aromatic carbocycles. The number of ether oxygens (including phenoxy) is 1. The van der Waals surface area contributed by atoms with Gasteiger partial charge in [-0.15, -0.1) is 11.8 Å². The van der Waals surface area contributed by atoms with Crippen LogP contribution < -0.4 is 15.4 Å². The van der Waals surface area contributed by atoms with Gasteiger partial charge in [-0.2, -0.15) is 0 Å². The lowest BCUT2D eigenvalue weighted by Gasteiger charge is -2.24. The fourth-order valence-electron chi connectivity index (χ4n) is 2.37. The fourth-order valence-corrected chi connectivity index (χ4v) is 3.55. The molecule has 0 saturated carbocycles. The van der Waals surface area contributed by atoms with E-state index in [4.69, 9.17) is 10.5 Å². The van der Waals surface area contributed by atoms with Crippen molar-refractivity contribution in [3.05, 3.63) is 54.1 Å². The smallest absolute Gasteiger partial charge is 0.238 e. The van der Waals surface area contributed by atoms with Crippen molar-refractivity contribution in [1.82, 2.24) is 0 Å². The lowest BCUT2D eigenvalue weighted by molar-refractivity contribution is -0.115. The zero-order valence-corrected chi connectivity index (χ0v) is 12.5. The number of carbonyl (C=O) groups is 1. The molecule has 1 fully saturated rings. The number of benzene rings is 2. The molecule has 0 unspecified atom stereocenters. The molecule has 5 heteroatoms. The predicted molar refractivity (Wildman–Crippen MR) is 86.5 cm³/mol. The first-order chi connectivity index (χ1) is 10.2. The molecule has 1 amide bonds. The second-order valence-electron chi connectivity index (χ2n) is 4.80. The Morgan fingerprint density at radius 3 is 2.71 bits per heavy atom. The van der Waals surface area contributed by atoms with Crippen LogP contribution in [0.5, 0.6) is 5.75 Å². The lowest BCUT2D eigenvalue weighted by Crippen LogP contribution is -2.27. The summed E-state index contributed by atoms with van der Waals surface area (Å²) in [5.41, 5.74) is 8.38. The third kappa shape index (κ3) is 2.69. The standard InChI is InChI=1S/C16H16N2O2S/c1-20-14-4-2-3-13(9-14)18-15(19)10-21-16(18)11-5-7-12(17)8-6-11/h2-9,16H,10,17H2,1H3/t16-/m1/s1. The van der Waals surface area contributed by atoms with Crippen LogP contribution in [0, 0.1) is 0 Å². The molecule has 4 nitrogen and oxygen atoms in total. The van der Waals surface area contributed by atoms with E-state index in [1.807, 2.05) is 53.4 Å². The minimum Gasteiger partial charge on any atom is -0.497 e.